The minimum Gasteiger partial charge on any atom is -0.465 e. The summed E-state index contributed by atoms with van der Waals surface area (Å²) in [6, 6.07) is 7.39. The molecule has 0 saturated heterocycles. The molecule has 2 aromatic heterocycles. The Morgan fingerprint density at radius 1 is 0.947 bits per heavy atom. The van der Waals surface area contributed by atoms with Crippen LogP contribution in [0.5, 0.6) is 0 Å². The summed E-state index contributed by atoms with van der Waals surface area (Å²) in [5.74, 6) is 1.64. The molecule has 0 bridgehead atoms. The highest BCUT2D eigenvalue weighted by Gasteiger charge is 2.20. The third-order valence-electron chi connectivity index (χ3n) is 3.19. The van der Waals surface area contributed by atoms with Crippen LogP contribution in [0.3, 0.4) is 0 Å². The van der Waals surface area contributed by atoms with E-state index in [4.69, 9.17) is 8.83 Å². The van der Waals surface area contributed by atoms with E-state index in [0.717, 1.165) is 29.7 Å². The van der Waals surface area contributed by atoms with Crippen LogP contribution in [0.15, 0.2) is 56.8 Å². The van der Waals surface area contributed by atoms with Gasteiger partial charge in [0.1, 0.15) is 11.5 Å². The summed E-state index contributed by atoms with van der Waals surface area (Å²) >= 11 is 0. The van der Waals surface area contributed by atoms with Gasteiger partial charge in [0.25, 0.3) is 0 Å². The molecule has 0 unspecified atom stereocenters. The summed E-state index contributed by atoms with van der Waals surface area (Å²) in [6.45, 7) is 0. The van der Waals surface area contributed by atoms with Gasteiger partial charge in [0.15, 0.2) is 5.78 Å². The molecule has 0 aromatic carbocycles. The van der Waals surface area contributed by atoms with Gasteiger partial charge in [-0.2, -0.15) is 0 Å². The van der Waals surface area contributed by atoms with E-state index in [1.54, 1.807) is 12.5 Å². The van der Waals surface area contributed by atoms with Crippen molar-refractivity contribution in [3.05, 3.63) is 59.5 Å². The van der Waals surface area contributed by atoms with Crippen molar-refractivity contribution in [2.45, 2.75) is 19.3 Å². The molecule has 0 amide bonds. The number of hydrogen-bond donors (Lipinski definition) is 0. The second-order valence-corrected chi connectivity index (χ2v) is 4.54. The van der Waals surface area contributed by atoms with Crippen LogP contribution >= 0.6 is 0 Å². The molecular weight excluding hydrogens is 240 g/mol. The molecule has 0 radical (unpaired) electrons. The van der Waals surface area contributed by atoms with E-state index in [9.17, 15) is 4.79 Å². The molecule has 2 heterocycles. The minimum absolute atomic E-state index is 0.167. The van der Waals surface area contributed by atoms with E-state index >= 15 is 0 Å². The molecule has 0 spiro atoms. The van der Waals surface area contributed by atoms with Crippen molar-refractivity contribution in [3.63, 3.8) is 0 Å². The van der Waals surface area contributed by atoms with Crippen molar-refractivity contribution in [1.82, 2.24) is 0 Å². The zero-order chi connectivity index (χ0) is 13.1. The fourth-order valence-corrected chi connectivity index (χ4v) is 2.27. The molecule has 0 aliphatic heterocycles. The number of carbonyl (C=O) groups excluding carboxylic acids is 1. The molecule has 3 nitrogen and oxygen atoms in total. The highest BCUT2D eigenvalue weighted by molar-refractivity contribution is 6.05. The van der Waals surface area contributed by atoms with E-state index in [-0.39, 0.29) is 5.78 Å². The molecule has 1 fully saturated rings. The van der Waals surface area contributed by atoms with Crippen molar-refractivity contribution in [3.8, 4) is 0 Å². The Bertz CT molecular complexity index is 613. The van der Waals surface area contributed by atoms with Gasteiger partial charge in [-0.25, -0.2) is 0 Å². The Balaban J connectivity index is 1.99. The largest absolute Gasteiger partial charge is 0.465 e. The Morgan fingerprint density at radius 3 is 2.26 bits per heavy atom. The molecule has 0 atom stereocenters. The van der Waals surface area contributed by atoms with Crippen molar-refractivity contribution >= 4 is 17.9 Å². The van der Waals surface area contributed by atoms with Crippen LogP contribution in [0.25, 0.3) is 12.2 Å². The summed E-state index contributed by atoms with van der Waals surface area (Å²) in [6.07, 6.45) is 9.37. The number of Topliss-reactive ketones (excluding diaryl/α,β-unsaturated/α-hetero) is 1. The maximum Gasteiger partial charge on any atom is 0.163 e. The molecule has 1 saturated carbocycles. The molecule has 3 heteroatoms. The predicted octanol–water partition coefficient (Wildman–Crippen LogP) is 4.09. The molecule has 2 aromatic rings. The smallest absolute Gasteiger partial charge is 0.163 e. The zero-order valence-corrected chi connectivity index (χ0v) is 10.5. The van der Waals surface area contributed by atoms with Gasteiger partial charge < -0.3 is 8.83 Å². The molecule has 1 aliphatic carbocycles. The summed E-state index contributed by atoms with van der Waals surface area (Å²) in [5.41, 5.74) is 1.75. The van der Waals surface area contributed by atoms with Gasteiger partial charge in [0.05, 0.1) is 12.5 Å². The standard InChI is InChI=1S/C16H14O3/c17-16-7-1-4-12(10-13-5-2-8-18-13)15(16)11-14-6-3-9-19-14/h2-3,5-6,8-11H,1,4,7H2/b12-10-,15-11-. The Hall–Kier alpha value is -2.29. The number of rotatable bonds is 2. The second-order valence-electron chi connectivity index (χ2n) is 4.54. The first-order valence-electron chi connectivity index (χ1n) is 6.36. The van der Waals surface area contributed by atoms with Crippen LogP contribution < -0.4 is 0 Å². The summed E-state index contributed by atoms with van der Waals surface area (Å²) in [5, 5.41) is 0. The van der Waals surface area contributed by atoms with E-state index in [0.29, 0.717) is 12.2 Å². The SMILES string of the molecule is O=C1CCCC(=C/c2ccco2)/C1=C/c1ccco1. The lowest BCUT2D eigenvalue weighted by molar-refractivity contribution is -0.115. The normalized spacial score (nSPS) is 20.3. The van der Waals surface area contributed by atoms with Crippen LogP contribution in [0, 0.1) is 0 Å². The van der Waals surface area contributed by atoms with Gasteiger partial charge in [0.2, 0.25) is 0 Å². The number of furan rings is 2. The summed E-state index contributed by atoms with van der Waals surface area (Å²) < 4.78 is 10.6. The lowest BCUT2D eigenvalue weighted by Crippen LogP contribution is -2.11. The summed E-state index contributed by atoms with van der Waals surface area (Å²) in [4.78, 5) is 12.1. The van der Waals surface area contributed by atoms with Crippen molar-refractivity contribution in [2.24, 2.45) is 0 Å². The molecule has 19 heavy (non-hydrogen) atoms. The lowest BCUT2D eigenvalue weighted by Gasteiger charge is -2.16. The van der Waals surface area contributed by atoms with E-state index < -0.39 is 0 Å². The number of ketones is 1. The fraction of sp³-hybridized carbons (Fsp3) is 0.188. The number of allylic oxidation sites excluding steroid dienone is 2. The first-order valence-corrected chi connectivity index (χ1v) is 6.36. The number of hydrogen-bond acceptors (Lipinski definition) is 3. The van der Waals surface area contributed by atoms with Gasteiger partial charge in [0, 0.05) is 12.0 Å². The maximum absolute atomic E-state index is 12.1. The topological polar surface area (TPSA) is 43.4 Å². The average molecular weight is 254 g/mol. The highest BCUT2D eigenvalue weighted by Crippen LogP contribution is 2.29. The van der Waals surface area contributed by atoms with E-state index in [1.807, 2.05) is 36.4 Å². The molecule has 96 valence electrons. The van der Waals surface area contributed by atoms with Crippen LogP contribution in [-0.2, 0) is 4.79 Å². The fourth-order valence-electron chi connectivity index (χ4n) is 2.27. The Labute approximate surface area is 111 Å². The monoisotopic (exact) mass is 254 g/mol. The third kappa shape index (κ3) is 2.60. The highest BCUT2D eigenvalue weighted by atomic mass is 16.3. The Kier molecular flexibility index (Phi) is 3.19. The average Bonchev–Trinajstić information content (AvgIpc) is 3.07. The first kappa shape index (κ1) is 11.8. The number of carbonyl (C=O) groups is 1. The predicted molar refractivity (Wildman–Crippen MR) is 72.2 cm³/mol. The third-order valence-corrected chi connectivity index (χ3v) is 3.19. The molecule has 3 rings (SSSR count). The maximum atomic E-state index is 12.1. The van der Waals surface area contributed by atoms with Gasteiger partial charge in [-0.3, -0.25) is 4.79 Å². The quantitative estimate of drug-likeness (QED) is 0.758. The zero-order valence-electron chi connectivity index (χ0n) is 10.5. The van der Waals surface area contributed by atoms with Gasteiger partial charge in [-0.05, 0) is 54.8 Å². The van der Waals surface area contributed by atoms with Crippen molar-refractivity contribution < 1.29 is 13.6 Å². The van der Waals surface area contributed by atoms with Crippen LogP contribution in [0.1, 0.15) is 30.8 Å². The van der Waals surface area contributed by atoms with Crippen LogP contribution in [0.4, 0.5) is 0 Å². The first-order chi connectivity index (χ1) is 9.33. The molecule has 1 aliphatic rings. The van der Waals surface area contributed by atoms with E-state index in [1.165, 1.54) is 0 Å². The van der Waals surface area contributed by atoms with Crippen LogP contribution in [0.2, 0.25) is 0 Å². The molecular formula is C16H14O3. The summed E-state index contributed by atoms with van der Waals surface area (Å²) in [7, 11) is 0. The van der Waals surface area contributed by atoms with Crippen LogP contribution in [-0.4, -0.2) is 5.78 Å². The lowest BCUT2D eigenvalue weighted by atomic mass is 9.87. The van der Waals surface area contributed by atoms with Gasteiger partial charge in [-0.1, -0.05) is 0 Å². The van der Waals surface area contributed by atoms with Crippen molar-refractivity contribution in [2.75, 3.05) is 0 Å². The van der Waals surface area contributed by atoms with E-state index in [2.05, 4.69) is 0 Å². The Morgan fingerprint density at radius 2 is 1.63 bits per heavy atom. The molecule has 0 N–H and O–H groups in total. The van der Waals surface area contributed by atoms with Gasteiger partial charge >= 0.3 is 0 Å². The second kappa shape index (κ2) is 5.14. The van der Waals surface area contributed by atoms with Crippen molar-refractivity contribution in [1.29, 1.82) is 0 Å². The minimum atomic E-state index is 0.167. The van der Waals surface area contributed by atoms with Gasteiger partial charge in [-0.15, -0.1) is 0 Å².